The van der Waals surface area contributed by atoms with Crippen molar-refractivity contribution in [2.45, 2.75) is 258 Å². The topological polar surface area (TPSA) is 37.3 Å². The number of carbonyl (C=O) groups is 1. The van der Waals surface area contributed by atoms with Crippen LogP contribution in [0.1, 0.15) is 258 Å². The molecule has 0 aromatic rings. The molecule has 0 aliphatic rings. The van der Waals surface area contributed by atoms with E-state index in [2.05, 4.69) is 13.8 Å². The van der Waals surface area contributed by atoms with E-state index in [1.807, 2.05) is 0 Å². The largest absolute Gasteiger partial charge is 0.481 e. The van der Waals surface area contributed by atoms with Gasteiger partial charge >= 0.3 is 5.97 Å². The standard InChI is InChI=1S/C42H84O2/c1-3-5-7-9-11-13-15-16-17-18-19-20-21-22-23-24-25-26-27-28-29-30-32-34-36-38-40-41(42(43)44)39-37-35-33-31-14-12-10-8-6-4-2/h41H,3-40H2,1-2H3,(H,43,44). The second-order valence-corrected chi connectivity index (χ2v) is 14.6. The molecule has 0 fully saturated rings. The monoisotopic (exact) mass is 621 g/mol. The van der Waals surface area contributed by atoms with Gasteiger partial charge in [0, 0.05) is 0 Å². The molecule has 0 spiro atoms. The zero-order valence-corrected chi connectivity index (χ0v) is 30.8. The van der Waals surface area contributed by atoms with Gasteiger partial charge in [0.2, 0.25) is 0 Å². The zero-order chi connectivity index (χ0) is 32.0. The van der Waals surface area contributed by atoms with Gasteiger partial charge in [-0.05, 0) is 12.8 Å². The minimum absolute atomic E-state index is 0.0987. The van der Waals surface area contributed by atoms with Crippen molar-refractivity contribution in [3.8, 4) is 0 Å². The Bertz CT molecular complexity index is 530. The maximum atomic E-state index is 11.7. The van der Waals surface area contributed by atoms with Crippen LogP contribution >= 0.6 is 0 Å². The highest BCUT2D eigenvalue weighted by Crippen LogP contribution is 2.21. The molecule has 1 N–H and O–H groups in total. The van der Waals surface area contributed by atoms with Gasteiger partial charge in [-0.3, -0.25) is 4.79 Å². The summed E-state index contributed by atoms with van der Waals surface area (Å²) in [6.45, 7) is 4.57. The number of carboxylic acids is 1. The number of unbranched alkanes of at least 4 members (excludes halogenated alkanes) is 34. The Morgan fingerprint density at radius 1 is 0.318 bits per heavy atom. The number of rotatable bonds is 39. The van der Waals surface area contributed by atoms with Gasteiger partial charge in [-0.25, -0.2) is 0 Å². The van der Waals surface area contributed by atoms with Crippen LogP contribution in [0.2, 0.25) is 0 Å². The second kappa shape index (κ2) is 38.7. The Balaban J connectivity index is 3.28. The van der Waals surface area contributed by atoms with Crippen LogP contribution in [0.5, 0.6) is 0 Å². The molecule has 2 nitrogen and oxygen atoms in total. The molecule has 0 aliphatic carbocycles. The van der Waals surface area contributed by atoms with Gasteiger partial charge in [-0.1, -0.05) is 245 Å². The van der Waals surface area contributed by atoms with E-state index in [9.17, 15) is 9.90 Å². The number of hydrogen-bond acceptors (Lipinski definition) is 1. The molecule has 1 unspecified atom stereocenters. The molecule has 0 heterocycles. The quantitative estimate of drug-likeness (QED) is 0.0694. The van der Waals surface area contributed by atoms with Crippen LogP contribution in [-0.2, 0) is 4.79 Å². The Morgan fingerprint density at radius 2 is 0.477 bits per heavy atom. The third-order valence-electron chi connectivity index (χ3n) is 10.2. The van der Waals surface area contributed by atoms with Gasteiger partial charge < -0.3 is 5.11 Å². The summed E-state index contributed by atoms with van der Waals surface area (Å²) in [5.74, 6) is -0.654. The van der Waals surface area contributed by atoms with Crippen molar-refractivity contribution < 1.29 is 9.90 Å². The van der Waals surface area contributed by atoms with E-state index in [0.29, 0.717) is 0 Å². The first kappa shape index (κ1) is 43.5. The minimum atomic E-state index is -0.555. The minimum Gasteiger partial charge on any atom is -0.481 e. The van der Waals surface area contributed by atoms with Crippen molar-refractivity contribution >= 4 is 5.97 Å². The highest BCUT2D eigenvalue weighted by atomic mass is 16.4. The van der Waals surface area contributed by atoms with Crippen LogP contribution in [0.4, 0.5) is 0 Å². The number of hydrogen-bond donors (Lipinski definition) is 1. The smallest absolute Gasteiger partial charge is 0.306 e. The van der Waals surface area contributed by atoms with Crippen molar-refractivity contribution in [2.24, 2.45) is 5.92 Å². The van der Waals surface area contributed by atoms with Gasteiger partial charge in [-0.2, -0.15) is 0 Å². The van der Waals surface area contributed by atoms with E-state index in [-0.39, 0.29) is 5.92 Å². The highest BCUT2D eigenvalue weighted by Gasteiger charge is 2.16. The second-order valence-electron chi connectivity index (χ2n) is 14.6. The molecule has 0 amide bonds. The van der Waals surface area contributed by atoms with Crippen LogP contribution < -0.4 is 0 Å². The van der Waals surface area contributed by atoms with E-state index < -0.39 is 5.97 Å². The van der Waals surface area contributed by atoms with Crippen LogP contribution in [0.25, 0.3) is 0 Å². The third-order valence-corrected chi connectivity index (χ3v) is 10.2. The molecular formula is C42H84O2. The van der Waals surface area contributed by atoms with Crippen molar-refractivity contribution in [3.63, 3.8) is 0 Å². The van der Waals surface area contributed by atoms with Gasteiger partial charge in [0.05, 0.1) is 5.92 Å². The molecule has 0 aromatic carbocycles. The molecular weight excluding hydrogens is 536 g/mol. The van der Waals surface area contributed by atoms with Gasteiger partial charge in [0.25, 0.3) is 0 Å². The molecule has 0 bridgehead atoms. The lowest BCUT2D eigenvalue weighted by Crippen LogP contribution is -2.13. The fraction of sp³-hybridized carbons (Fsp3) is 0.976. The van der Waals surface area contributed by atoms with Crippen molar-refractivity contribution in [2.75, 3.05) is 0 Å². The average molecular weight is 621 g/mol. The Hall–Kier alpha value is -0.530. The van der Waals surface area contributed by atoms with E-state index in [1.165, 1.54) is 218 Å². The van der Waals surface area contributed by atoms with E-state index >= 15 is 0 Å². The molecule has 0 aromatic heterocycles. The van der Waals surface area contributed by atoms with Crippen molar-refractivity contribution in [1.29, 1.82) is 0 Å². The van der Waals surface area contributed by atoms with Crippen LogP contribution in [0, 0.1) is 5.92 Å². The van der Waals surface area contributed by atoms with E-state index in [4.69, 9.17) is 0 Å². The van der Waals surface area contributed by atoms with E-state index in [1.54, 1.807) is 0 Å². The maximum absolute atomic E-state index is 11.7. The lowest BCUT2D eigenvalue weighted by Gasteiger charge is -2.12. The van der Waals surface area contributed by atoms with Crippen LogP contribution in [0.3, 0.4) is 0 Å². The fourth-order valence-corrected chi connectivity index (χ4v) is 6.98. The average Bonchev–Trinajstić information content (AvgIpc) is 3.02. The molecule has 0 saturated heterocycles. The van der Waals surface area contributed by atoms with Gasteiger partial charge in [-0.15, -0.1) is 0 Å². The van der Waals surface area contributed by atoms with Crippen molar-refractivity contribution in [3.05, 3.63) is 0 Å². The molecule has 0 saturated carbocycles. The molecule has 0 radical (unpaired) electrons. The fourth-order valence-electron chi connectivity index (χ4n) is 6.98. The first-order valence-electron chi connectivity index (χ1n) is 20.9. The third kappa shape index (κ3) is 35.9. The molecule has 264 valence electrons. The summed E-state index contributed by atoms with van der Waals surface area (Å²) in [5, 5.41) is 9.61. The predicted molar refractivity (Wildman–Crippen MR) is 198 cm³/mol. The summed E-state index contributed by atoms with van der Waals surface area (Å²) in [6, 6.07) is 0. The van der Waals surface area contributed by atoms with Gasteiger partial charge in [0.15, 0.2) is 0 Å². The number of aliphatic carboxylic acids is 1. The molecule has 0 rings (SSSR count). The Labute approximate surface area is 279 Å². The molecule has 0 aliphatic heterocycles. The van der Waals surface area contributed by atoms with Crippen molar-refractivity contribution in [1.82, 2.24) is 0 Å². The maximum Gasteiger partial charge on any atom is 0.306 e. The van der Waals surface area contributed by atoms with Crippen LogP contribution in [-0.4, -0.2) is 11.1 Å². The Morgan fingerprint density at radius 3 is 0.636 bits per heavy atom. The van der Waals surface area contributed by atoms with Crippen LogP contribution in [0.15, 0.2) is 0 Å². The summed E-state index contributed by atoms with van der Waals surface area (Å²) in [6.07, 6.45) is 51.8. The lowest BCUT2D eigenvalue weighted by molar-refractivity contribution is -0.142. The SMILES string of the molecule is CCCCCCCCCCCCCCCCCCCCCCCCCCCCC(CCCCCCCCCCCC)C(=O)O. The summed E-state index contributed by atoms with van der Waals surface area (Å²) < 4.78 is 0. The van der Waals surface area contributed by atoms with Gasteiger partial charge in [0.1, 0.15) is 0 Å². The summed E-state index contributed by atoms with van der Waals surface area (Å²) in [4.78, 5) is 11.7. The molecule has 1 atom stereocenters. The summed E-state index contributed by atoms with van der Waals surface area (Å²) in [7, 11) is 0. The first-order chi connectivity index (χ1) is 21.7. The summed E-state index contributed by atoms with van der Waals surface area (Å²) >= 11 is 0. The normalized spacial score (nSPS) is 12.2. The summed E-state index contributed by atoms with van der Waals surface area (Å²) in [5.41, 5.74) is 0. The van der Waals surface area contributed by atoms with E-state index in [0.717, 1.165) is 25.7 Å². The number of carboxylic acid groups (broad SMARTS) is 1. The predicted octanol–water partition coefficient (Wildman–Crippen LogP) is 15.6. The lowest BCUT2D eigenvalue weighted by atomic mass is 9.94. The molecule has 44 heavy (non-hydrogen) atoms. The zero-order valence-electron chi connectivity index (χ0n) is 30.8. The Kier molecular flexibility index (Phi) is 38.2. The first-order valence-corrected chi connectivity index (χ1v) is 20.9. The highest BCUT2D eigenvalue weighted by molar-refractivity contribution is 5.69. The molecule has 2 heteroatoms.